The summed E-state index contributed by atoms with van der Waals surface area (Å²) >= 11 is 0. The van der Waals surface area contributed by atoms with E-state index in [0.29, 0.717) is 16.9 Å². The third kappa shape index (κ3) is 5.81. The number of hydrogen-bond donors (Lipinski definition) is 2. The Kier molecular flexibility index (Phi) is 6.87. The number of para-hydroxylation sites is 1. The quantitative estimate of drug-likeness (QED) is 0.726. The molecule has 0 unspecified atom stereocenters. The Hall–Kier alpha value is -3.42. The van der Waals surface area contributed by atoms with E-state index in [-0.39, 0.29) is 6.54 Å². The highest BCUT2D eigenvalue weighted by atomic mass is 19.1. The maximum absolute atomic E-state index is 12.8. The molecule has 27 heavy (non-hydrogen) atoms. The van der Waals surface area contributed by atoms with Crippen LogP contribution in [0.2, 0.25) is 0 Å². The zero-order valence-electron chi connectivity index (χ0n) is 15.0. The van der Waals surface area contributed by atoms with E-state index >= 15 is 0 Å². The van der Waals surface area contributed by atoms with E-state index in [9.17, 15) is 18.8 Å². The molecule has 8 heteroatoms. The Balaban J connectivity index is 1.83. The van der Waals surface area contributed by atoms with Crippen LogP contribution in [0.1, 0.15) is 10.4 Å². The third-order valence-corrected chi connectivity index (χ3v) is 3.68. The minimum Gasteiger partial charge on any atom is -0.452 e. The number of nitrogens with zero attached hydrogens (tertiary/aromatic N) is 1. The lowest BCUT2D eigenvalue weighted by molar-refractivity contribution is -0.136. The van der Waals surface area contributed by atoms with Gasteiger partial charge in [0.1, 0.15) is 5.82 Å². The van der Waals surface area contributed by atoms with Crippen LogP contribution in [0, 0.1) is 5.82 Å². The van der Waals surface area contributed by atoms with Crippen molar-refractivity contribution in [3.8, 4) is 0 Å². The minimum absolute atomic E-state index is 0.235. The Bertz CT molecular complexity index is 824. The normalized spacial score (nSPS) is 10.0. The van der Waals surface area contributed by atoms with Crippen molar-refractivity contribution in [1.29, 1.82) is 0 Å². The van der Waals surface area contributed by atoms with Gasteiger partial charge in [0.2, 0.25) is 5.91 Å². The van der Waals surface area contributed by atoms with Crippen LogP contribution in [-0.2, 0) is 14.3 Å². The summed E-state index contributed by atoms with van der Waals surface area (Å²) in [6.07, 6.45) is 0. The number of carbonyl (C=O) groups excluding carboxylic acids is 3. The van der Waals surface area contributed by atoms with Crippen LogP contribution in [0.15, 0.2) is 48.5 Å². The molecule has 0 aromatic heterocycles. The van der Waals surface area contributed by atoms with Crippen molar-refractivity contribution in [2.75, 3.05) is 37.9 Å². The summed E-state index contributed by atoms with van der Waals surface area (Å²) in [6, 6.07) is 12.0. The van der Waals surface area contributed by atoms with Crippen molar-refractivity contribution < 1.29 is 23.5 Å². The van der Waals surface area contributed by atoms with Crippen LogP contribution in [0.4, 0.5) is 15.8 Å². The fourth-order valence-electron chi connectivity index (χ4n) is 2.23. The number of anilines is 2. The van der Waals surface area contributed by atoms with Gasteiger partial charge in [0.05, 0.1) is 12.1 Å². The molecule has 0 saturated heterocycles. The molecule has 0 saturated carbocycles. The molecular weight excluding hydrogens is 353 g/mol. The van der Waals surface area contributed by atoms with Crippen LogP contribution in [0.5, 0.6) is 0 Å². The Labute approximate surface area is 156 Å². The van der Waals surface area contributed by atoms with E-state index in [1.54, 1.807) is 31.3 Å². The van der Waals surface area contributed by atoms with E-state index in [4.69, 9.17) is 4.74 Å². The third-order valence-electron chi connectivity index (χ3n) is 3.68. The summed E-state index contributed by atoms with van der Waals surface area (Å²) in [6.45, 7) is -0.724. The fraction of sp³-hybridized carbons (Fsp3) is 0.211. The van der Waals surface area contributed by atoms with E-state index in [0.717, 1.165) is 4.90 Å². The number of ether oxygens (including phenoxy) is 1. The second kappa shape index (κ2) is 9.33. The van der Waals surface area contributed by atoms with Crippen LogP contribution in [-0.4, -0.2) is 49.9 Å². The number of likely N-dealkylation sites (N-methyl/N-ethyl adjacent to an activating group) is 1. The molecule has 0 aliphatic carbocycles. The topological polar surface area (TPSA) is 87.7 Å². The van der Waals surface area contributed by atoms with Gasteiger partial charge in [-0.2, -0.15) is 0 Å². The van der Waals surface area contributed by atoms with Gasteiger partial charge in [0.25, 0.3) is 5.91 Å². The predicted molar refractivity (Wildman–Crippen MR) is 98.9 cm³/mol. The summed E-state index contributed by atoms with van der Waals surface area (Å²) in [5.41, 5.74) is 1.31. The number of carbonyl (C=O) groups is 3. The summed E-state index contributed by atoms with van der Waals surface area (Å²) in [5.74, 6) is -2.04. The Morgan fingerprint density at radius 1 is 1.07 bits per heavy atom. The Morgan fingerprint density at radius 3 is 2.41 bits per heavy atom. The summed E-state index contributed by atoms with van der Waals surface area (Å²) in [7, 11) is 3.09. The molecule has 2 amide bonds. The lowest BCUT2D eigenvalue weighted by Crippen LogP contribution is -2.37. The molecule has 2 N–H and O–H groups in total. The Morgan fingerprint density at radius 2 is 1.74 bits per heavy atom. The molecule has 0 atom stereocenters. The highest BCUT2D eigenvalue weighted by Crippen LogP contribution is 2.15. The first-order chi connectivity index (χ1) is 12.9. The molecule has 2 rings (SSSR count). The maximum Gasteiger partial charge on any atom is 0.340 e. The average Bonchev–Trinajstić information content (AvgIpc) is 2.67. The van der Waals surface area contributed by atoms with Crippen molar-refractivity contribution in [3.63, 3.8) is 0 Å². The number of nitrogens with one attached hydrogen (secondary N) is 2. The van der Waals surface area contributed by atoms with Gasteiger partial charge in [-0.15, -0.1) is 0 Å². The molecule has 0 heterocycles. The summed E-state index contributed by atoms with van der Waals surface area (Å²) in [5, 5.41) is 5.41. The highest BCUT2D eigenvalue weighted by molar-refractivity contribution is 5.97. The van der Waals surface area contributed by atoms with E-state index in [1.165, 1.54) is 31.3 Å². The minimum atomic E-state index is -0.641. The van der Waals surface area contributed by atoms with Crippen molar-refractivity contribution in [2.24, 2.45) is 0 Å². The van der Waals surface area contributed by atoms with Crippen LogP contribution in [0.25, 0.3) is 0 Å². The van der Waals surface area contributed by atoms with E-state index < -0.39 is 30.2 Å². The zero-order chi connectivity index (χ0) is 19.8. The lowest BCUT2D eigenvalue weighted by Gasteiger charge is -2.17. The van der Waals surface area contributed by atoms with Gasteiger partial charge in [-0.1, -0.05) is 12.1 Å². The van der Waals surface area contributed by atoms with Gasteiger partial charge in [0.15, 0.2) is 6.61 Å². The van der Waals surface area contributed by atoms with Crippen molar-refractivity contribution in [2.45, 2.75) is 0 Å². The van der Waals surface area contributed by atoms with Crippen molar-refractivity contribution >= 4 is 29.2 Å². The van der Waals surface area contributed by atoms with Gasteiger partial charge in [-0.25, -0.2) is 9.18 Å². The molecular formula is C19H20FN3O4. The van der Waals surface area contributed by atoms with Gasteiger partial charge in [0, 0.05) is 25.5 Å². The van der Waals surface area contributed by atoms with Crippen molar-refractivity contribution in [3.05, 3.63) is 59.9 Å². The number of rotatable bonds is 7. The van der Waals surface area contributed by atoms with Crippen LogP contribution < -0.4 is 10.6 Å². The first kappa shape index (κ1) is 19.9. The van der Waals surface area contributed by atoms with Gasteiger partial charge >= 0.3 is 5.97 Å². The summed E-state index contributed by atoms with van der Waals surface area (Å²) < 4.78 is 17.9. The molecule has 2 aromatic carbocycles. The zero-order valence-corrected chi connectivity index (χ0v) is 15.0. The van der Waals surface area contributed by atoms with Gasteiger partial charge in [-0.3, -0.25) is 9.59 Å². The smallest absolute Gasteiger partial charge is 0.340 e. The second-order valence-corrected chi connectivity index (χ2v) is 5.68. The van der Waals surface area contributed by atoms with E-state index in [1.807, 2.05) is 0 Å². The molecule has 0 fully saturated rings. The highest BCUT2D eigenvalue weighted by Gasteiger charge is 2.17. The first-order valence-electron chi connectivity index (χ1n) is 8.14. The monoisotopic (exact) mass is 373 g/mol. The maximum atomic E-state index is 12.8. The number of hydrogen-bond acceptors (Lipinski definition) is 5. The SMILES string of the molecule is CNc1ccccc1C(=O)OCC(=O)N(C)CC(=O)Nc1ccc(F)cc1. The number of esters is 1. The molecule has 0 radical (unpaired) electrons. The largest absolute Gasteiger partial charge is 0.452 e. The molecule has 2 aromatic rings. The fourth-order valence-corrected chi connectivity index (χ4v) is 2.23. The number of halogens is 1. The first-order valence-corrected chi connectivity index (χ1v) is 8.14. The molecule has 0 bridgehead atoms. The van der Waals surface area contributed by atoms with E-state index in [2.05, 4.69) is 10.6 Å². The predicted octanol–water partition coefficient (Wildman–Crippen LogP) is 2.12. The summed E-state index contributed by atoms with van der Waals surface area (Å²) in [4.78, 5) is 37.2. The van der Waals surface area contributed by atoms with Crippen LogP contribution in [0.3, 0.4) is 0 Å². The van der Waals surface area contributed by atoms with Crippen LogP contribution >= 0.6 is 0 Å². The molecule has 0 aliphatic rings. The van der Waals surface area contributed by atoms with Gasteiger partial charge < -0.3 is 20.3 Å². The molecule has 0 aliphatic heterocycles. The molecule has 142 valence electrons. The standard InChI is InChI=1S/C19H20FN3O4/c1-21-16-6-4-3-5-15(16)19(26)27-12-18(25)23(2)11-17(24)22-14-9-7-13(20)8-10-14/h3-10,21H,11-12H2,1-2H3,(H,22,24). The number of amides is 2. The average molecular weight is 373 g/mol. The van der Waals surface area contributed by atoms with Crippen molar-refractivity contribution in [1.82, 2.24) is 4.90 Å². The van der Waals surface area contributed by atoms with Gasteiger partial charge in [-0.05, 0) is 36.4 Å². The lowest BCUT2D eigenvalue weighted by atomic mass is 10.2. The second-order valence-electron chi connectivity index (χ2n) is 5.68. The molecule has 7 nitrogen and oxygen atoms in total. The molecule has 0 spiro atoms. The number of benzene rings is 2.